The monoisotopic (exact) mass is 357 g/mol. The second kappa shape index (κ2) is 7.58. The smallest absolute Gasteiger partial charge is 0.0701 e. The van der Waals surface area contributed by atoms with Crippen LogP contribution >= 0.6 is 38.6 Å². The normalized spacial score (nSPS) is 12.8. The summed E-state index contributed by atoms with van der Waals surface area (Å²) in [7, 11) is 0. The zero-order valence-corrected chi connectivity index (χ0v) is 14.6. The first kappa shape index (κ1) is 15.2. The highest BCUT2D eigenvalue weighted by atomic mass is 79.9. The first-order valence-corrected chi connectivity index (χ1v) is 9.27. The third-order valence-electron chi connectivity index (χ3n) is 3.15. The third-order valence-corrected chi connectivity index (χ3v) is 5.87. The Labute approximate surface area is 132 Å². The fourth-order valence-electron chi connectivity index (χ4n) is 2.18. The van der Waals surface area contributed by atoms with Gasteiger partial charge in [0, 0.05) is 22.2 Å². The largest absolute Gasteiger partial charge is 0.309 e. The Morgan fingerprint density at radius 3 is 2.74 bits per heavy atom. The van der Waals surface area contributed by atoms with E-state index in [1.54, 1.807) is 0 Å². The maximum atomic E-state index is 3.71. The molecule has 0 spiro atoms. The van der Waals surface area contributed by atoms with Gasteiger partial charge in [0.1, 0.15) is 0 Å². The number of rotatable bonds is 7. The molecule has 0 fully saturated rings. The van der Waals surface area contributed by atoms with Crippen molar-refractivity contribution in [1.82, 2.24) is 5.32 Å². The molecule has 0 saturated heterocycles. The first-order valence-electron chi connectivity index (χ1n) is 6.78. The van der Waals surface area contributed by atoms with Crippen LogP contribution in [0.2, 0.25) is 0 Å². The minimum Gasteiger partial charge on any atom is -0.309 e. The summed E-state index contributed by atoms with van der Waals surface area (Å²) in [5, 5.41) is 5.93. The van der Waals surface area contributed by atoms with Gasteiger partial charge >= 0.3 is 0 Å². The van der Waals surface area contributed by atoms with Gasteiger partial charge in [-0.05, 0) is 64.5 Å². The lowest BCUT2D eigenvalue weighted by atomic mass is 10.1. The summed E-state index contributed by atoms with van der Waals surface area (Å²) in [6.07, 6.45) is 3.39. The van der Waals surface area contributed by atoms with Gasteiger partial charge in [-0.3, -0.25) is 0 Å². The zero-order chi connectivity index (χ0) is 13.7. The first-order chi connectivity index (χ1) is 9.24. The van der Waals surface area contributed by atoms with E-state index < -0.39 is 0 Å². The van der Waals surface area contributed by atoms with Crippen LogP contribution in [0, 0.1) is 0 Å². The van der Waals surface area contributed by atoms with Crippen LogP contribution in [0.3, 0.4) is 0 Å². The lowest BCUT2D eigenvalue weighted by Gasteiger charge is -2.18. The SMILES string of the molecule is CCCNC(Cc1ccc(Br)s1)c1sccc1CC. The van der Waals surface area contributed by atoms with Crippen LogP contribution in [0.4, 0.5) is 0 Å². The van der Waals surface area contributed by atoms with Gasteiger partial charge in [-0.25, -0.2) is 0 Å². The van der Waals surface area contributed by atoms with Crippen LogP contribution in [0.15, 0.2) is 27.4 Å². The minimum absolute atomic E-state index is 0.459. The number of thiophene rings is 2. The third kappa shape index (κ3) is 4.15. The molecule has 1 N–H and O–H groups in total. The molecule has 0 aliphatic heterocycles. The molecule has 0 aromatic carbocycles. The number of nitrogens with one attached hydrogen (secondary N) is 1. The maximum absolute atomic E-state index is 3.71. The number of aryl methyl sites for hydroxylation is 1. The minimum atomic E-state index is 0.459. The molecule has 1 nitrogen and oxygen atoms in total. The van der Waals surface area contributed by atoms with Crippen molar-refractivity contribution in [2.45, 2.75) is 39.2 Å². The van der Waals surface area contributed by atoms with Crippen molar-refractivity contribution in [2.75, 3.05) is 6.54 Å². The molecule has 1 atom stereocenters. The second-order valence-electron chi connectivity index (χ2n) is 4.58. The highest BCUT2D eigenvalue weighted by molar-refractivity contribution is 9.11. The Morgan fingerprint density at radius 1 is 1.26 bits per heavy atom. The Balaban J connectivity index is 2.15. The molecule has 104 valence electrons. The van der Waals surface area contributed by atoms with E-state index in [2.05, 4.69) is 58.7 Å². The molecule has 2 aromatic heterocycles. The molecule has 0 aliphatic rings. The maximum Gasteiger partial charge on any atom is 0.0701 e. The quantitative estimate of drug-likeness (QED) is 0.697. The van der Waals surface area contributed by atoms with Crippen LogP contribution < -0.4 is 5.32 Å². The summed E-state index contributed by atoms with van der Waals surface area (Å²) in [6.45, 7) is 5.55. The number of halogens is 1. The molecule has 19 heavy (non-hydrogen) atoms. The van der Waals surface area contributed by atoms with E-state index in [0.29, 0.717) is 6.04 Å². The van der Waals surface area contributed by atoms with Gasteiger partial charge in [0.05, 0.1) is 3.79 Å². The van der Waals surface area contributed by atoms with Gasteiger partial charge in [0.2, 0.25) is 0 Å². The molecule has 2 aromatic rings. The topological polar surface area (TPSA) is 12.0 Å². The van der Waals surface area contributed by atoms with Crippen molar-refractivity contribution in [3.05, 3.63) is 42.7 Å². The predicted molar refractivity (Wildman–Crippen MR) is 90.5 cm³/mol. The standard InChI is InChI=1S/C15H20BrNS2/c1-3-8-17-13(10-12-5-6-14(16)19-12)15-11(4-2)7-9-18-15/h5-7,9,13,17H,3-4,8,10H2,1-2H3. The Bertz CT molecular complexity index is 504. The fraction of sp³-hybridized carbons (Fsp3) is 0.467. The molecule has 0 radical (unpaired) electrons. The fourth-order valence-corrected chi connectivity index (χ4v) is 4.79. The average Bonchev–Trinajstić information content (AvgIpc) is 3.03. The zero-order valence-electron chi connectivity index (χ0n) is 11.4. The summed E-state index contributed by atoms with van der Waals surface area (Å²) in [5.41, 5.74) is 1.49. The molecule has 2 rings (SSSR count). The van der Waals surface area contributed by atoms with E-state index in [0.717, 1.165) is 19.4 Å². The molecule has 2 heterocycles. The van der Waals surface area contributed by atoms with Crippen molar-refractivity contribution in [3.63, 3.8) is 0 Å². The second-order valence-corrected chi connectivity index (χ2v) is 8.08. The summed E-state index contributed by atoms with van der Waals surface area (Å²) in [4.78, 5) is 2.96. The molecule has 4 heteroatoms. The molecule has 0 saturated carbocycles. The van der Waals surface area contributed by atoms with Gasteiger partial charge in [0.25, 0.3) is 0 Å². The number of hydrogen-bond donors (Lipinski definition) is 1. The van der Waals surface area contributed by atoms with Crippen LogP contribution in [-0.2, 0) is 12.8 Å². The molecule has 0 aliphatic carbocycles. The van der Waals surface area contributed by atoms with Crippen LogP contribution in [-0.4, -0.2) is 6.54 Å². The van der Waals surface area contributed by atoms with Gasteiger partial charge in [-0.15, -0.1) is 22.7 Å². The van der Waals surface area contributed by atoms with E-state index in [1.165, 1.54) is 25.5 Å². The Hall–Kier alpha value is -0.160. The highest BCUT2D eigenvalue weighted by Gasteiger charge is 2.17. The van der Waals surface area contributed by atoms with E-state index in [4.69, 9.17) is 0 Å². The Morgan fingerprint density at radius 2 is 2.11 bits per heavy atom. The van der Waals surface area contributed by atoms with Gasteiger partial charge in [0.15, 0.2) is 0 Å². The summed E-state index contributed by atoms with van der Waals surface area (Å²) in [5.74, 6) is 0. The average molecular weight is 358 g/mol. The van der Waals surface area contributed by atoms with Gasteiger partial charge in [-0.1, -0.05) is 13.8 Å². The van der Waals surface area contributed by atoms with Crippen molar-refractivity contribution >= 4 is 38.6 Å². The van der Waals surface area contributed by atoms with Crippen molar-refractivity contribution < 1.29 is 0 Å². The summed E-state index contributed by atoms with van der Waals surface area (Å²) >= 11 is 7.28. The van der Waals surface area contributed by atoms with Crippen LogP contribution in [0.5, 0.6) is 0 Å². The Kier molecular flexibility index (Phi) is 6.07. The van der Waals surface area contributed by atoms with Crippen LogP contribution in [0.25, 0.3) is 0 Å². The predicted octanol–water partition coefficient (Wildman–Crippen LogP) is 5.42. The lowest BCUT2D eigenvalue weighted by Crippen LogP contribution is -2.23. The van der Waals surface area contributed by atoms with Crippen molar-refractivity contribution in [3.8, 4) is 0 Å². The van der Waals surface area contributed by atoms with Crippen molar-refractivity contribution in [1.29, 1.82) is 0 Å². The van der Waals surface area contributed by atoms with E-state index >= 15 is 0 Å². The molecule has 0 bridgehead atoms. The molecular weight excluding hydrogens is 338 g/mol. The van der Waals surface area contributed by atoms with E-state index in [-0.39, 0.29) is 0 Å². The molecular formula is C15H20BrNS2. The van der Waals surface area contributed by atoms with Crippen molar-refractivity contribution in [2.24, 2.45) is 0 Å². The lowest BCUT2D eigenvalue weighted by molar-refractivity contribution is 0.536. The summed E-state index contributed by atoms with van der Waals surface area (Å²) < 4.78 is 1.22. The van der Waals surface area contributed by atoms with E-state index in [1.807, 2.05) is 22.7 Å². The summed E-state index contributed by atoms with van der Waals surface area (Å²) in [6, 6.07) is 7.10. The number of hydrogen-bond acceptors (Lipinski definition) is 3. The molecule has 1 unspecified atom stereocenters. The highest BCUT2D eigenvalue weighted by Crippen LogP contribution is 2.31. The van der Waals surface area contributed by atoms with Gasteiger partial charge in [-0.2, -0.15) is 0 Å². The van der Waals surface area contributed by atoms with Gasteiger partial charge < -0.3 is 5.32 Å². The van der Waals surface area contributed by atoms with E-state index in [9.17, 15) is 0 Å². The molecule has 0 amide bonds. The van der Waals surface area contributed by atoms with Crippen LogP contribution in [0.1, 0.15) is 41.6 Å².